The molecule has 0 amide bonds. The van der Waals surface area contributed by atoms with Crippen molar-refractivity contribution in [3.05, 3.63) is 34.9 Å². The van der Waals surface area contributed by atoms with Gasteiger partial charge in [0, 0.05) is 31.0 Å². The van der Waals surface area contributed by atoms with Crippen molar-refractivity contribution >= 4 is 11.8 Å². The molecule has 4 heteroatoms. The molecule has 0 aromatic heterocycles. The second kappa shape index (κ2) is 7.93. The monoisotopic (exact) mass is 329 g/mol. The molecule has 1 fully saturated rings. The average Bonchev–Trinajstić information content (AvgIpc) is 3.04. The van der Waals surface area contributed by atoms with E-state index in [1.165, 1.54) is 24.0 Å². The SMILES string of the molecule is O=C(O)CCC1CCCN1CCC(=O)c1ccc2c(c1)CCCC2. The first-order valence-corrected chi connectivity index (χ1v) is 9.24. The number of carbonyl (C=O) groups is 2. The van der Waals surface area contributed by atoms with E-state index in [2.05, 4.69) is 17.0 Å². The van der Waals surface area contributed by atoms with Crippen LogP contribution in [-0.4, -0.2) is 40.9 Å². The molecule has 0 spiro atoms. The molecule has 24 heavy (non-hydrogen) atoms. The minimum Gasteiger partial charge on any atom is -0.481 e. The lowest BCUT2D eigenvalue weighted by Crippen LogP contribution is -2.32. The first-order valence-electron chi connectivity index (χ1n) is 9.24. The number of carboxylic acids is 1. The van der Waals surface area contributed by atoms with Crippen LogP contribution in [0.25, 0.3) is 0 Å². The number of nitrogens with zero attached hydrogens (tertiary/aromatic N) is 1. The zero-order chi connectivity index (χ0) is 16.9. The van der Waals surface area contributed by atoms with E-state index < -0.39 is 5.97 Å². The summed E-state index contributed by atoms with van der Waals surface area (Å²) in [5.41, 5.74) is 3.61. The van der Waals surface area contributed by atoms with Gasteiger partial charge in [-0.05, 0) is 68.7 Å². The fraction of sp³-hybridized carbons (Fsp3) is 0.600. The first kappa shape index (κ1) is 17.2. The molecular formula is C20H27NO3. The van der Waals surface area contributed by atoms with Gasteiger partial charge in [-0.25, -0.2) is 0 Å². The van der Waals surface area contributed by atoms with E-state index in [1.54, 1.807) is 0 Å². The maximum absolute atomic E-state index is 12.5. The predicted molar refractivity (Wildman–Crippen MR) is 93.5 cm³/mol. The zero-order valence-corrected chi connectivity index (χ0v) is 14.3. The Bertz CT molecular complexity index is 611. The van der Waals surface area contributed by atoms with Gasteiger partial charge >= 0.3 is 5.97 Å². The number of likely N-dealkylation sites (tertiary alicyclic amines) is 1. The fourth-order valence-corrected chi connectivity index (χ4v) is 4.10. The van der Waals surface area contributed by atoms with Crippen LogP contribution in [0.5, 0.6) is 0 Å². The summed E-state index contributed by atoms with van der Waals surface area (Å²) in [4.78, 5) is 25.6. The summed E-state index contributed by atoms with van der Waals surface area (Å²) in [6.45, 7) is 1.74. The van der Waals surface area contributed by atoms with E-state index in [0.29, 0.717) is 18.9 Å². The number of hydrogen-bond donors (Lipinski definition) is 1. The Morgan fingerprint density at radius 3 is 2.67 bits per heavy atom. The number of aliphatic carboxylic acids is 1. The summed E-state index contributed by atoms with van der Waals surface area (Å²) in [6, 6.07) is 6.55. The third-order valence-electron chi connectivity index (χ3n) is 5.49. The Hall–Kier alpha value is -1.68. The van der Waals surface area contributed by atoms with Gasteiger partial charge in [0.05, 0.1) is 0 Å². The van der Waals surface area contributed by atoms with Gasteiger partial charge in [0.1, 0.15) is 0 Å². The van der Waals surface area contributed by atoms with Gasteiger partial charge in [0.25, 0.3) is 0 Å². The molecule has 1 unspecified atom stereocenters. The van der Waals surface area contributed by atoms with Gasteiger partial charge in [-0.3, -0.25) is 14.5 Å². The van der Waals surface area contributed by atoms with Crippen molar-refractivity contribution in [1.82, 2.24) is 4.90 Å². The number of Topliss-reactive ketones (excluding diaryl/α,β-unsaturated/α-hetero) is 1. The molecular weight excluding hydrogens is 302 g/mol. The molecule has 2 aliphatic rings. The van der Waals surface area contributed by atoms with E-state index in [1.807, 2.05) is 6.07 Å². The lowest BCUT2D eigenvalue weighted by molar-refractivity contribution is -0.137. The van der Waals surface area contributed by atoms with Gasteiger partial charge in [-0.1, -0.05) is 12.1 Å². The van der Waals surface area contributed by atoms with Crippen LogP contribution in [0.1, 0.15) is 66.4 Å². The highest BCUT2D eigenvalue weighted by Gasteiger charge is 2.25. The fourth-order valence-electron chi connectivity index (χ4n) is 4.10. The molecule has 3 rings (SSSR count). The van der Waals surface area contributed by atoms with Crippen molar-refractivity contribution in [3.8, 4) is 0 Å². The quantitative estimate of drug-likeness (QED) is 0.778. The van der Waals surface area contributed by atoms with Crippen LogP contribution in [0.15, 0.2) is 18.2 Å². The summed E-state index contributed by atoms with van der Waals surface area (Å²) >= 11 is 0. The van der Waals surface area contributed by atoms with Crippen LogP contribution < -0.4 is 0 Å². The maximum atomic E-state index is 12.5. The molecule has 1 heterocycles. The molecule has 1 aliphatic heterocycles. The molecule has 1 N–H and O–H groups in total. The van der Waals surface area contributed by atoms with Crippen LogP contribution in [-0.2, 0) is 17.6 Å². The topological polar surface area (TPSA) is 57.6 Å². The van der Waals surface area contributed by atoms with Crippen molar-refractivity contribution in [2.24, 2.45) is 0 Å². The number of benzene rings is 1. The zero-order valence-electron chi connectivity index (χ0n) is 14.3. The van der Waals surface area contributed by atoms with Crippen molar-refractivity contribution in [2.45, 2.75) is 63.8 Å². The molecule has 1 aromatic rings. The molecule has 1 saturated heterocycles. The third kappa shape index (κ3) is 4.23. The highest BCUT2D eigenvalue weighted by molar-refractivity contribution is 5.96. The first-order chi connectivity index (χ1) is 11.6. The molecule has 0 saturated carbocycles. The maximum Gasteiger partial charge on any atom is 0.303 e. The smallest absolute Gasteiger partial charge is 0.303 e. The van der Waals surface area contributed by atoms with Crippen molar-refractivity contribution in [2.75, 3.05) is 13.1 Å². The molecule has 1 atom stereocenters. The van der Waals surface area contributed by atoms with E-state index >= 15 is 0 Å². The third-order valence-corrected chi connectivity index (χ3v) is 5.49. The minimum atomic E-state index is -0.730. The summed E-state index contributed by atoms with van der Waals surface area (Å²) in [5, 5.41) is 8.85. The lowest BCUT2D eigenvalue weighted by Gasteiger charge is -2.23. The summed E-state index contributed by atoms with van der Waals surface area (Å²) in [5.74, 6) is -0.515. The number of aryl methyl sites for hydroxylation is 2. The van der Waals surface area contributed by atoms with Crippen LogP contribution in [0.4, 0.5) is 0 Å². The van der Waals surface area contributed by atoms with E-state index in [0.717, 1.165) is 44.3 Å². The number of fused-ring (bicyclic) bond motifs is 1. The van der Waals surface area contributed by atoms with E-state index in [-0.39, 0.29) is 12.2 Å². The molecule has 1 aromatic carbocycles. The molecule has 130 valence electrons. The van der Waals surface area contributed by atoms with Crippen LogP contribution in [0.2, 0.25) is 0 Å². The van der Waals surface area contributed by atoms with E-state index in [9.17, 15) is 9.59 Å². The van der Waals surface area contributed by atoms with Crippen molar-refractivity contribution in [3.63, 3.8) is 0 Å². The van der Waals surface area contributed by atoms with Crippen molar-refractivity contribution < 1.29 is 14.7 Å². The van der Waals surface area contributed by atoms with Gasteiger partial charge in [0.2, 0.25) is 0 Å². The number of rotatable bonds is 7. The van der Waals surface area contributed by atoms with Gasteiger partial charge in [-0.15, -0.1) is 0 Å². The number of hydrogen-bond acceptors (Lipinski definition) is 3. The standard InChI is InChI=1S/C20H27NO3/c22-19(17-8-7-15-4-1-2-5-16(15)14-17)11-13-21-12-3-6-18(21)9-10-20(23)24/h7-8,14,18H,1-6,9-13H2,(H,23,24). The van der Waals surface area contributed by atoms with Crippen LogP contribution >= 0.6 is 0 Å². The Balaban J connectivity index is 1.54. The second-order valence-electron chi connectivity index (χ2n) is 7.13. The molecule has 0 bridgehead atoms. The van der Waals surface area contributed by atoms with Gasteiger partial charge < -0.3 is 5.11 Å². The Morgan fingerprint density at radius 2 is 1.88 bits per heavy atom. The summed E-state index contributed by atoms with van der Waals surface area (Å²) < 4.78 is 0. The van der Waals surface area contributed by atoms with Gasteiger partial charge in [0.15, 0.2) is 5.78 Å². The minimum absolute atomic E-state index is 0.215. The van der Waals surface area contributed by atoms with E-state index in [4.69, 9.17) is 5.11 Å². The highest BCUT2D eigenvalue weighted by Crippen LogP contribution is 2.24. The van der Waals surface area contributed by atoms with Gasteiger partial charge in [-0.2, -0.15) is 0 Å². The number of carbonyl (C=O) groups excluding carboxylic acids is 1. The summed E-state index contributed by atoms with van der Waals surface area (Å²) in [7, 11) is 0. The Kier molecular flexibility index (Phi) is 5.67. The second-order valence-corrected chi connectivity index (χ2v) is 7.13. The highest BCUT2D eigenvalue weighted by atomic mass is 16.4. The summed E-state index contributed by atoms with van der Waals surface area (Å²) in [6.07, 6.45) is 8.33. The number of carboxylic acid groups (broad SMARTS) is 1. The largest absolute Gasteiger partial charge is 0.481 e. The normalized spacial score (nSPS) is 20.8. The molecule has 4 nitrogen and oxygen atoms in total. The molecule has 0 radical (unpaired) electrons. The van der Waals surface area contributed by atoms with Crippen LogP contribution in [0, 0.1) is 0 Å². The molecule has 1 aliphatic carbocycles. The van der Waals surface area contributed by atoms with Crippen molar-refractivity contribution in [1.29, 1.82) is 0 Å². The lowest BCUT2D eigenvalue weighted by atomic mass is 9.89. The predicted octanol–water partition coefficient (Wildman–Crippen LogP) is 3.47. The Morgan fingerprint density at radius 1 is 1.08 bits per heavy atom. The Labute approximate surface area is 143 Å². The number of ketones is 1. The van der Waals surface area contributed by atoms with Crippen LogP contribution in [0.3, 0.4) is 0 Å². The average molecular weight is 329 g/mol.